The number of hydrogen-bond acceptors (Lipinski definition) is 4. The van der Waals surface area contributed by atoms with Gasteiger partial charge < -0.3 is 10.3 Å². The summed E-state index contributed by atoms with van der Waals surface area (Å²) in [4.78, 5) is 4.36. The van der Waals surface area contributed by atoms with Crippen molar-refractivity contribution >= 4 is 11.6 Å². The van der Waals surface area contributed by atoms with E-state index in [1.165, 1.54) is 0 Å². The van der Waals surface area contributed by atoms with E-state index in [4.69, 9.17) is 21.9 Å². The van der Waals surface area contributed by atoms with Crippen molar-refractivity contribution in [3.63, 3.8) is 0 Å². The highest BCUT2D eigenvalue weighted by Gasteiger charge is 2.17. The van der Waals surface area contributed by atoms with Crippen LogP contribution < -0.4 is 5.73 Å². The number of rotatable bonds is 4. The standard InChI is InChI=1S/C16H14ClN3O/c17-13-9-5-4-8-12(13)10-14-19-16(21-20-14)15(18)11-6-2-1-3-7-11/h1-9,15H,10,18H2/t15-/m0/s1. The Morgan fingerprint density at radius 1 is 1.05 bits per heavy atom. The Morgan fingerprint density at radius 3 is 2.52 bits per heavy atom. The molecule has 0 spiro atoms. The van der Waals surface area contributed by atoms with Gasteiger partial charge in [0.1, 0.15) is 6.04 Å². The quantitative estimate of drug-likeness (QED) is 0.802. The van der Waals surface area contributed by atoms with Crippen molar-refractivity contribution in [3.8, 4) is 0 Å². The summed E-state index contributed by atoms with van der Waals surface area (Å²) in [6.45, 7) is 0. The van der Waals surface area contributed by atoms with Gasteiger partial charge >= 0.3 is 0 Å². The van der Waals surface area contributed by atoms with Gasteiger partial charge in [-0.1, -0.05) is 65.3 Å². The lowest BCUT2D eigenvalue weighted by molar-refractivity contribution is 0.363. The van der Waals surface area contributed by atoms with Crippen molar-refractivity contribution in [2.45, 2.75) is 12.5 Å². The van der Waals surface area contributed by atoms with Crippen LogP contribution in [0.1, 0.15) is 28.9 Å². The van der Waals surface area contributed by atoms with E-state index in [-0.39, 0.29) is 0 Å². The maximum absolute atomic E-state index is 6.13. The molecule has 0 saturated heterocycles. The molecule has 0 radical (unpaired) electrons. The molecule has 0 amide bonds. The van der Waals surface area contributed by atoms with Gasteiger partial charge in [0.2, 0.25) is 5.89 Å². The lowest BCUT2D eigenvalue weighted by Crippen LogP contribution is -2.12. The zero-order valence-corrected chi connectivity index (χ0v) is 12.0. The van der Waals surface area contributed by atoms with Crippen LogP contribution in [-0.4, -0.2) is 10.1 Å². The third-order valence-corrected chi connectivity index (χ3v) is 3.58. The fourth-order valence-electron chi connectivity index (χ4n) is 2.08. The minimum absolute atomic E-state index is 0.406. The average Bonchev–Trinajstić information content (AvgIpc) is 2.98. The van der Waals surface area contributed by atoms with E-state index in [0.717, 1.165) is 11.1 Å². The minimum atomic E-state index is -0.418. The fraction of sp³-hybridized carbons (Fsp3) is 0.125. The van der Waals surface area contributed by atoms with Gasteiger partial charge in [0.05, 0.1) is 0 Å². The van der Waals surface area contributed by atoms with Crippen molar-refractivity contribution in [1.82, 2.24) is 10.1 Å². The number of nitrogens with two attached hydrogens (primary N) is 1. The molecule has 0 fully saturated rings. The molecule has 1 atom stereocenters. The fourth-order valence-corrected chi connectivity index (χ4v) is 2.28. The second kappa shape index (κ2) is 6.08. The van der Waals surface area contributed by atoms with Crippen LogP contribution in [0.15, 0.2) is 59.1 Å². The van der Waals surface area contributed by atoms with Gasteiger partial charge in [-0.15, -0.1) is 0 Å². The van der Waals surface area contributed by atoms with E-state index in [1.54, 1.807) is 0 Å². The Morgan fingerprint density at radius 2 is 1.76 bits per heavy atom. The van der Waals surface area contributed by atoms with Crippen LogP contribution in [-0.2, 0) is 6.42 Å². The molecule has 5 heteroatoms. The summed E-state index contributed by atoms with van der Waals surface area (Å²) in [5.41, 5.74) is 8.02. The van der Waals surface area contributed by atoms with Crippen molar-refractivity contribution in [1.29, 1.82) is 0 Å². The Bertz CT molecular complexity index is 727. The summed E-state index contributed by atoms with van der Waals surface area (Å²) in [7, 11) is 0. The highest BCUT2D eigenvalue weighted by molar-refractivity contribution is 6.31. The van der Waals surface area contributed by atoms with Gasteiger partial charge in [-0.3, -0.25) is 0 Å². The zero-order valence-electron chi connectivity index (χ0n) is 11.2. The number of halogens is 1. The Hall–Kier alpha value is -2.17. The van der Waals surface area contributed by atoms with Crippen LogP contribution in [0.4, 0.5) is 0 Å². The molecule has 0 bridgehead atoms. The molecule has 0 aliphatic heterocycles. The van der Waals surface area contributed by atoms with Crippen molar-refractivity contribution in [3.05, 3.63) is 82.5 Å². The highest BCUT2D eigenvalue weighted by atomic mass is 35.5. The van der Waals surface area contributed by atoms with Crippen LogP contribution in [0, 0.1) is 0 Å². The summed E-state index contributed by atoms with van der Waals surface area (Å²) in [5, 5.41) is 4.67. The molecule has 0 saturated carbocycles. The molecular weight excluding hydrogens is 286 g/mol. The van der Waals surface area contributed by atoms with Crippen LogP contribution in [0.2, 0.25) is 5.02 Å². The monoisotopic (exact) mass is 299 g/mol. The molecule has 106 valence electrons. The molecule has 2 aromatic carbocycles. The summed E-state index contributed by atoms with van der Waals surface area (Å²) >= 11 is 6.13. The van der Waals surface area contributed by atoms with E-state index in [9.17, 15) is 0 Å². The normalized spacial score (nSPS) is 12.3. The summed E-state index contributed by atoms with van der Waals surface area (Å²) in [6.07, 6.45) is 0.519. The highest BCUT2D eigenvalue weighted by Crippen LogP contribution is 2.20. The molecule has 4 nitrogen and oxygen atoms in total. The third-order valence-electron chi connectivity index (χ3n) is 3.21. The first kappa shape index (κ1) is 13.8. The Balaban J connectivity index is 1.79. The second-order valence-corrected chi connectivity index (χ2v) is 5.11. The van der Waals surface area contributed by atoms with Crippen molar-refractivity contribution in [2.75, 3.05) is 0 Å². The first-order chi connectivity index (χ1) is 10.2. The topological polar surface area (TPSA) is 64.9 Å². The predicted octanol–water partition coefficient (Wildman–Crippen LogP) is 3.36. The molecule has 0 unspecified atom stereocenters. The third kappa shape index (κ3) is 3.12. The molecular formula is C16H14ClN3O. The van der Waals surface area contributed by atoms with Gasteiger partial charge in [-0.25, -0.2) is 0 Å². The van der Waals surface area contributed by atoms with Gasteiger partial charge in [-0.05, 0) is 17.2 Å². The molecule has 3 aromatic rings. The lowest BCUT2D eigenvalue weighted by Gasteiger charge is -2.05. The largest absolute Gasteiger partial charge is 0.337 e. The van der Waals surface area contributed by atoms with Crippen molar-refractivity contribution in [2.24, 2.45) is 5.73 Å². The maximum Gasteiger partial charge on any atom is 0.248 e. The maximum atomic E-state index is 6.13. The summed E-state index contributed by atoms with van der Waals surface area (Å²) < 4.78 is 5.26. The number of hydrogen-bond donors (Lipinski definition) is 1. The van der Waals surface area contributed by atoms with Gasteiger partial charge in [0, 0.05) is 11.4 Å². The SMILES string of the molecule is N[C@@H](c1ccccc1)c1nc(Cc2ccccc2Cl)no1. The number of benzene rings is 2. The first-order valence-electron chi connectivity index (χ1n) is 6.60. The van der Waals surface area contributed by atoms with Crippen LogP contribution in [0.3, 0.4) is 0 Å². The molecule has 21 heavy (non-hydrogen) atoms. The first-order valence-corrected chi connectivity index (χ1v) is 6.98. The number of nitrogens with zero attached hydrogens (tertiary/aromatic N) is 2. The average molecular weight is 300 g/mol. The van der Waals surface area contributed by atoms with E-state index >= 15 is 0 Å². The Kier molecular flexibility index (Phi) is 3.99. The van der Waals surface area contributed by atoms with Crippen LogP contribution in [0.5, 0.6) is 0 Å². The summed E-state index contributed by atoms with van der Waals surface area (Å²) in [6, 6.07) is 16.8. The summed E-state index contributed by atoms with van der Waals surface area (Å²) in [5.74, 6) is 0.979. The molecule has 0 aliphatic rings. The molecule has 2 N–H and O–H groups in total. The smallest absolute Gasteiger partial charge is 0.248 e. The van der Waals surface area contributed by atoms with E-state index in [0.29, 0.717) is 23.2 Å². The lowest BCUT2D eigenvalue weighted by atomic mass is 10.1. The van der Waals surface area contributed by atoms with Crippen LogP contribution >= 0.6 is 11.6 Å². The van der Waals surface area contributed by atoms with E-state index in [1.807, 2.05) is 54.6 Å². The van der Waals surface area contributed by atoms with E-state index in [2.05, 4.69) is 10.1 Å². The van der Waals surface area contributed by atoms with Crippen LogP contribution in [0.25, 0.3) is 0 Å². The molecule has 0 aliphatic carbocycles. The molecule has 1 aromatic heterocycles. The zero-order chi connectivity index (χ0) is 14.7. The molecule has 1 heterocycles. The predicted molar refractivity (Wildman–Crippen MR) is 81.0 cm³/mol. The van der Waals surface area contributed by atoms with Gasteiger partial charge in [-0.2, -0.15) is 4.98 Å². The Labute approximate surface area is 127 Å². The molecule has 3 rings (SSSR count). The van der Waals surface area contributed by atoms with E-state index < -0.39 is 6.04 Å². The number of aromatic nitrogens is 2. The van der Waals surface area contributed by atoms with Gasteiger partial charge in [0.15, 0.2) is 5.82 Å². The van der Waals surface area contributed by atoms with Gasteiger partial charge in [0.25, 0.3) is 0 Å². The van der Waals surface area contributed by atoms with Crippen molar-refractivity contribution < 1.29 is 4.52 Å². The second-order valence-electron chi connectivity index (χ2n) is 4.71. The minimum Gasteiger partial charge on any atom is -0.337 e.